The monoisotopic (exact) mass is 470 g/mol. The quantitative estimate of drug-likeness (QED) is 0.595. The van der Waals surface area contributed by atoms with Crippen molar-refractivity contribution in [3.63, 3.8) is 0 Å². The number of hydrogen-bond donors (Lipinski definition) is 3. The Labute approximate surface area is 199 Å². The minimum absolute atomic E-state index is 0.0443. The van der Waals surface area contributed by atoms with Crippen LogP contribution in [0.1, 0.15) is 58.3 Å². The summed E-state index contributed by atoms with van der Waals surface area (Å²) in [7, 11) is 0. The highest BCUT2D eigenvalue weighted by Gasteiger charge is 2.44. The number of β-amino-alcohol motifs (C(OH)–C–C–N with tert-alkyl or cyclic N) is 1. The van der Waals surface area contributed by atoms with E-state index in [-0.39, 0.29) is 36.7 Å². The summed E-state index contributed by atoms with van der Waals surface area (Å²) in [6.45, 7) is 10.7. The second-order valence-corrected chi connectivity index (χ2v) is 10.0. The number of aryl methyl sites for hydroxylation is 1. The van der Waals surface area contributed by atoms with E-state index in [1.54, 1.807) is 0 Å². The standard InChI is InChI=1S/C25H34N4O5/c1-14(17-7-9-18(10-8-17)21-15(2)26-13-34-21)27-23(32)20-11-19(31)12-29(20)24(33)22(25(4,5)6)28-16(3)30/h7-10,13-14,19-20,22,31H,11-12H2,1-6H3,(H,27,32)(H,28,30)/t14-,19+,20-,22+/m0/s1. The van der Waals surface area contributed by atoms with Gasteiger partial charge in [-0.1, -0.05) is 45.0 Å². The molecule has 0 saturated carbocycles. The number of nitrogens with zero attached hydrogens (tertiary/aromatic N) is 2. The molecule has 0 radical (unpaired) electrons. The molecular formula is C25H34N4O5. The molecule has 1 aromatic carbocycles. The van der Waals surface area contributed by atoms with Gasteiger partial charge in [0.1, 0.15) is 12.1 Å². The Hall–Kier alpha value is -3.20. The number of carbonyl (C=O) groups is 3. The van der Waals surface area contributed by atoms with E-state index in [9.17, 15) is 19.5 Å². The SMILES string of the molecule is CC(=O)N[C@H](C(=O)N1C[C@H](O)C[C@H]1C(=O)N[C@@H](C)c1ccc(-c2ocnc2C)cc1)C(C)(C)C. The third kappa shape index (κ3) is 5.64. The van der Waals surface area contributed by atoms with Crippen LogP contribution < -0.4 is 10.6 Å². The number of likely N-dealkylation sites (tertiary alicyclic amines) is 1. The molecule has 34 heavy (non-hydrogen) atoms. The zero-order chi connectivity index (χ0) is 25.2. The van der Waals surface area contributed by atoms with Crippen LogP contribution >= 0.6 is 0 Å². The number of aromatic nitrogens is 1. The molecule has 0 spiro atoms. The first-order chi connectivity index (χ1) is 15.9. The molecule has 1 saturated heterocycles. The third-order valence-corrected chi connectivity index (χ3v) is 6.10. The molecular weight excluding hydrogens is 436 g/mol. The lowest BCUT2D eigenvalue weighted by atomic mass is 9.85. The van der Waals surface area contributed by atoms with E-state index in [2.05, 4.69) is 15.6 Å². The van der Waals surface area contributed by atoms with Crippen molar-refractivity contribution in [2.24, 2.45) is 5.41 Å². The van der Waals surface area contributed by atoms with Gasteiger partial charge in [-0.2, -0.15) is 0 Å². The highest BCUT2D eigenvalue weighted by molar-refractivity contribution is 5.93. The number of amides is 3. The lowest BCUT2D eigenvalue weighted by molar-refractivity contribution is -0.144. The van der Waals surface area contributed by atoms with Gasteiger partial charge in [0.05, 0.1) is 17.8 Å². The smallest absolute Gasteiger partial charge is 0.246 e. The zero-order valence-electron chi connectivity index (χ0n) is 20.6. The second kappa shape index (κ2) is 9.97. The lowest BCUT2D eigenvalue weighted by Crippen LogP contribution is -2.57. The summed E-state index contributed by atoms with van der Waals surface area (Å²) in [4.78, 5) is 43.7. The average molecular weight is 471 g/mol. The molecule has 9 nitrogen and oxygen atoms in total. The first kappa shape index (κ1) is 25.4. The number of rotatable bonds is 6. The minimum atomic E-state index is -0.820. The summed E-state index contributed by atoms with van der Waals surface area (Å²) >= 11 is 0. The van der Waals surface area contributed by atoms with E-state index in [0.717, 1.165) is 16.8 Å². The van der Waals surface area contributed by atoms with Gasteiger partial charge in [-0.05, 0) is 24.8 Å². The van der Waals surface area contributed by atoms with Crippen molar-refractivity contribution < 1.29 is 23.9 Å². The molecule has 0 bridgehead atoms. The van der Waals surface area contributed by atoms with Gasteiger partial charge in [0, 0.05) is 25.5 Å². The lowest BCUT2D eigenvalue weighted by Gasteiger charge is -2.35. The maximum absolute atomic E-state index is 13.3. The Bertz CT molecular complexity index is 1040. The molecule has 3 N–H and O–H groups in total. The number of hydrogen-bond acceptors (Lipinski definition) is 6. The fourth-order valence-electron chi connectivity index (χ4n) is 4.22. The van der Waals surface area contributed by atoms with Crippen molar-refractivity contribution in [2.45, 2.75) is 72.2 Å². The third-order valence-electron chi connectivity index (χ3n) is 6.10. The normalized spacial score (nSPS) is 20.0. The Morgan fingerprint density at radius 2 is 1.82 bits per heavy atom. The predicted octanol–water partition coefficient (Wildman–Crippen LogP) is 2.34. The summed E-state index contributed by atoms with van der Waals surface area (Å²) in [5.41, 5.74) is 2.01. The predicted molar refractivity (Wildman–Crippen MR) is 126 cm³/mol. The molecule has 3 rings (SSSR count). The van der Waals surface area contributed by atoms with Gasteiger partial charge >= 0.3 is 0 Å². The molecule has 1 aliphatic heterocycles. The Balaban J connectivity index is 1.72. The van der Waals surface area contributed by atoms with E-state index >= 15 is 0 Å². The topological polar surface area (TPSA) is 125 Å². The second-order valence-electron chi connectivity index (χ2n) is 10.0. The van der Waals surface area contributed by atoms with Crippen LogP contribution in [0.2, 0.25) is 0 Å². The van der Waals surface area contributed by atoms with Gasteiger partial charge in [-0.3, -0.25) is 14.4 Å². The molecule has 2 aromatic rings. The number of aliphatic hydroxyl groups is 1. The number of aliphatic hydroxyl groups excluding tert-OH is 1. The van der Waals surface area contributed by atoms with Crippen LogP contribution in [0.3, 0.4) is 0 Å². The van der Waals surface area contributed by atoms with Crippen LogP contribution in [0, 0.1) is 12.3 Å². The van der Waals surface area contributed by atoms with Crippen molar-refractivity contribution in [3.8, 4) is 11.3 Å². The Kier molecular flexibility index (Phi) is 7.45. The van der Waals surface area contributed by atoms with Crippen LogP contribution in [0.5, 0.6) is 0 Å². The molecule has 3 amide bonds. The van der Waals surface area contributed by atoms with Gasteiger partial charge in [-0.15, -0.1) is 0 Å². The number of carbonyl (C=O) groups excluding carboxylic acids is 3. The molecule has 4 atom stereocenters. The summed E-state index contributed by atoms with van der Waals surface area (Å²) in [6.07, 6.45) is 0.739. The maximum atomic E-state index is 13.3. The van der Waals surface area contributed by atoms with Crippen LogP contribution in [0.4, 0.5) is 0 Å². The van der Waals surface area contributed by atoms with Crippen molar-refractivity contribution in [3.05, 3.63) is 41.9 Å². The summed E-state index contributed by atoms with van der Waals surface area (Å²) in [6, 6.07) is 5.67. The largest absolute Gasteiger partial charge is 0.443 e. The minimum Gasteiger partial charge on any atom is -0.443 e. The van der Waals surface area contributed by atoms with E-state index in [1.165, 1.54) is 18.2 Å². The Morgan fingerprint density at radius 1 is 1.18 bits per heavy atom. The Morgan fingerprint density at radius 3 is 2.35 bits per heavy atom. The summed E-state index contributed by atoms with van der Waals surface area (Å²) in [5.74, 6) is -0.349. The van der Waals surface area contributed by atoms with Crippen molar-refractivity contribution >= 4 is 17.7 Å². The van der Waals surface area contributed by atoms with Crippen molar-refractivity contribution in [1.82, 2.24) is 20.5 Å². The molecule has 9 heteroatoms. The van der Waals surface area contributed by atoms with Crippen LogP contribution in [0.15, 0.2) is 35.1 Å². The molecule has 184 valence electrons. The van der Waals surface area contributed by atoms with E-state index in [1.807, 2.05) is 58.9 Å². The van der Waals surface area contributed by atoms with E-state index in [4.69, 9.17) is 4.42 Å². The van der Waals surface area contributed by atoms with Crippen LogP contribution in [-0.4, -0.2) is 57.4 Å². The molecule has 0 aliphatic carbocycles. The molecule has 1 fully saturated rings. The van der Waals surface area contributed by atoms with Gasteiger partial charge in [0.15, 0.2) is 12.2 Å². The van der Waals surface area contributed by atoms with Gasteiger partial charge in [0.25, 0.3) is 0 Å². The fraction of sp³-hybridized carbons (Fsp3) is 0.520. The molecule has 0 unspecified atom stereocenters. The first-order valence-electron chi connectivity index (χ1n) is 11.4. The number of benzene rings is 1. The van der Waals surface area contributed by atoms with Gasteiger partial charge in [-0.25, -0.2) is 4.98 Å². The van der Waals surface area contributed by atoms with E-state index in [0.29, 0.717) is 5.76 Å². The highest BCUT2D eigenvalue weighted by Crippen LogP contribution is 2.27. The van der Waals surface area contributed by atoms with Crippen molar-refractivity contribution in [1.29, 1.82) is 0 Å². The van der Waals surface area contributed by atoms with Gasteiger partial charge < -0.3 is 25.1 Å². The maximum Gasteiger partial charge on any atom is 0.246 e. The number of oxazole rings is 1. The summed E-state index contributed by atoms with van der Waals surface area (Å²) < 4.78 is 5.43. The van der Waals surface area contributed by atoms with Gasteiger partial charge in [0.2, 0.25) is 17.7 Å². The van der Waals surface area contributed by atoms with Crippen molar-refractivity contribution in [2.75, 3.05) is 6.54 Å². The summed E-state index contributed by atoms with van der Waals surface area (Å²) in [5, 5.41) is 15.9. The first-order valence-corrected chi connectivity index (χ1v) is 11.4. The van der Waals surface area contributed by atoms with Crippen LogP contribution in [0.25, 0.3) is 11.3 Å². The zero-order valence-corrected chi connectivity index (χ0v) is 20.6. The van der Waals surface area contributed by atoms with E-state index < -0.39 is 23.6 Å². The molecule has 2 heterocycles. The molecule has 1 aliphatic rings. The van der Waals surface area contributed by atoms with Crippen LogP contribution in [-0.2, 0) is 14.4 Å². The molecule has 1 aromatic heterocycles. The number of nitrogens with one attached hydrogen (secondary N) is 2. The average Bonchev–Trinajstić information content (AvgIpc) is 3.36. The highest BCUT2D eigenvalue weighted by atomic mass is 16.3. The fourth-order valence-corrected chi connectivity index (χ4v) is 4.22.